The van der Waals surface area contributed by atoms with E-state index in [4.69, 9.17) is 4.42 Å². The number of rotatable bonds is 6. The van der Waals surface area contributed by atoms with E-state index in [9.17, 15) is 18.3 Å². The molecule has 0 spiro atoms. The van der Waals surface area contributed by atoms with Gasteiger partial charge in [0.2, 0.25) is 0 Å². The molecule has 2 aromatic rings. The number of halogens is 3. The van der Waals surface area contributed by atoms with E-state index in [1.807, 2.05) is 24.3 Å². The van der Waals surface area contributed by atoms with Crippen molar-refractivity contribution >= 4 is 6.08 Å². The molecular formula is C21H24F3NO2. The Bertz CT molecular complexity index is 745. The van der Waals surface area contributed by atoms with Gasteiger partial charge in [0.15, 0.2) is 0 Å². The van der Waals surface area contributed by atoms with E-state index in [0.29, 0.717) is 12.8 Å². The zero-order chi connectivity index (χ0) is 19.3. The lowest BCUT2D eigenvalue weighted by atomic mass is 9.73. The van der Waals surface area contributed by atoms with E-state index in [2.05, 4.69) is 4.90 Å². The Morgan fingerprint density at radius 1 is 1.11 bits per heavy atom. The van der Waals surface area contributed by atoms with E-state index >= 15 is 0 Å². The first-order valence-corrected chi connectivity index (χ1v) is 9.10. The number of aliphatic hydroxyl groups excluding tert-OH is 1. The van der Waals surface area contributed by atoms with Crippen molar-refractivity contribution < 1.29 is 22.7 Å². The number of piperidine rings is 1. The summed E-state index contributed by atoms with van der Waals surface area (Å²) in [5.41, 5.74) is -0.824. The van der Waals surface area contributed by atoms with Gasteiger partial charge >= 0.3 is 6.18 Å². The number of hydrogen-bond donors (Lipinski definition) is 1. The quantitative estimate of drug-likeness (QED) is 0.795. The van der Waals surface area contributed by atoms with E-state index < -0.39 is 17.2 Å². The van der Waals surface area contributed by atoms with Gasteiger partial charge in [-0.2, -0.15) is 13.2 Å². The summed E-state index contributed by atoms with van der Waals surface area (Å²) in [5.74, 6) is 0.792. The lowest BCUT2D eigenvalue weighted by molar-refractivity contribution is -0.138. The molecular weight excluding hydrogens is 355 g/mol. The average Bonchev–Trinajstić information content (AvgIpc) is 3.16. The molecule has 146 valence electrons. The Kier molecular flexibility index (Phi) is 6.07. The van der Waals surface area contributed by atoms with Crippen molar-refractivity contribution in [3.05, 3.63) is 65.6 Å². The molecule has 0 unspecified atom stereocenters. The highest BCUT2D eigenvalue weighted by atomic mass is 19.4. The summed E-state index contributed by atoms with van der Waals surface area (Å²) in [6, 6.07) is 9.39. The standard InChI is InChI=1S/C21H24F3NO2/c22-21(23,24)19-8-2-1-5-17(19)15-20(16-26)9-12-25(13-10-20)11-3-6-18-7-4-14-27-18/h1-8,14,26H,9-13,15-16H2. The molecule has 0 bridgehead atoms. The van der Waals surface area contributed by atoms with Crippen LogP contribution in [0.15, 0.2) is 53.2 Å². The van der Waals surface area contributed by atoms with Crippen molar-refractivity contribution in [2.45, 2.75) is 25.4 Å². The molecule has 1 fully saturated rings. The predicted molar refractivity (Wildman–Crippen MR) is 98.1 cm³/mol. The number of likely N-dealkylation sites (tertiary alicyclic amines) is 1. The van der Waals surface area contributed by atoms with Crippen molar-refractivity contribution in [3.63, 3.8) is 0 Å². The summed E-state index contributed by atoms with van der Waals surface area (Å²) < 4.78 is 45.0. The predicted octanol–water partition coefficient (Wildman–Crippen LogP) is 4.63. The third kappa shape index (κ3) is 5.02. The molecule has 0 radical (unpaired) electrons. The number of hydrogen-bond acceptors (Lipinski definition) is 3. The molecule has 0 saturated carbocycles. The van der Waals surface area contributed by atoms with E-state index in [1.165, 1.54) is 12.1 Å². The van der Waals surface area contributed by atoms with Crippen LogP contribution in [0, 0.1) is 5.41 Å². The molecule has 0 amide bonds. The fraction of sp³-hybridized carbons (Fsp3) is 0.429. The molecule has 0 aliphatic carbocycles. The Morgan fingerprint density at radius 2 is 1.85 bits per heavy atom. The second-order valence-electron chi connectivity index (χ2n) is 7.21. The first kappa shape index (κ1) is 19.7. The Hall–Kier alpha value is -2.05. The molecule has 6 heteroatoms. The third-order valence-electron chi connectivity index (χ3n) is 5.33. The van der Waals surface area contributed by atoms with Crippen molar-refractivity contribution in [2.24, 2.45) is 5.41 Å². The molecule has 1 aliphatic heterocycles. The van der Waals surface area contributed by atoms with Crippen molar-refractivity contribution in [2.75, 3.05) is 26.2 Å². The second-order valence-corrected chi connectivity index (χ2v) is 7.21. The Morgan fingerprint density at radius 3 is 2.48 bits per heavy atom. The fourth-order valence-electron chi connectivity index (χ4n) is 3.66. The molecule has 2 heterocycles. The van der Waals surface area contributed by atoms with Crippen molar-refractivity contribution in [1.82, 2.24) is 4.90 Å². The van der Waals surface area contributed by atoms with Crippen LogP contribution in [0.2, 0.25) is 0 Å². The molecule has 3 rings (SSSR count). The summed E-state index contributed by atoms with van der Waals surface area (Å²) >= 11 is 0. The molecule has 1 aliphatic rings. The van der Waals surface area contributed by atoms with Gasteiger partial charge in [-0.3, -0.25) is 4.90 Å². The van der Waals surface area contributed by atoms with Gasteiger partial charge < -0.3 is 9.52 Å². The molecule has 1 aromatic carbocycles. The molecule has 1 N–H and O–H groups in total. The van der Waals surface area contributed by atoms with Crippen LogP contribution in [-0.2, 0) is 12.6 Å². The fourth-order valence-corrected chi connectivity index (χ4v) is 3.66. The summed E-state index contributed by atoms with van der Waals surface area (Å²) in [6.45, 7) is 2.14. The monoisotopic (exact) mass is 379 g/mol. The Balaban J connectivity index is 1.62. The van der Waals surface area contributed by atoms with Crippen molar-refractivity contribution in [1.29, 1.82) is 0 Å². The van der Waals surface area contributed by atoms with Crippen LogP contribution in [0.1, 0.15) is 29.7 Å². The summed E-state index contributed by atoms with van der Waals surface area (Å²) in [6.07, 6.45) is 2.76. The van der Waals surface area contributed by atoms with Gasteiger partial charge in [-0.15, -0.1) is 0 Å². The first-order valence-electron chi connectivity index (χ1n) is 9.10. The normalized spacial score (nSPS) is 18.2. The highest BCUT2D eigenvalue weighted by Crippen LogP contribution is 2.39. The zero-order valence-electron chi connectivity index (χ0n) is 15.1. The number of nitrogens with zero attached hydrogens (tertiary/aromatic N) is 1. The molecule has 0 atom stereocenters. The maximum Gasteiger partial charge on any atom is 0.416 e. The van der Waals surface area contributed by atoms with Crippen LogP contribution >= 0.6 is 0 Å². The first-order chi connectivity index (χ1) is 12.9. The van der Waals surface area contributed by atoms with E-state index in [0.717, 1.165) is 31.5 Å². The van der Waals surface area contributed by atoms with Gasteiger partial charge in [-0.25, -0.2) is 0 Å². The van der Waals surface area contributed by atoms with Gasteiger partial charge in [-0.1, -0.05) is 24.3 Å². The lowest BCUT2D eigenvalue weighted by Gasteiger charge is -2.41. The van der Waals surface area contributed by atoms with Crippen LogP contribution < -0.4 is 0 Å². The van der Waals surface area contributed by atoms with Crippen LogP contribution in [0.25, 0.3) is 6.08 Å². The maximum absolute atomic E-state index is 13.3. The van der Waals surface area contributed by atoms with Crippen LogP contribution in [0.5, 0.6) is 0 Å². The third-order valence-corrected chi connectivity index (χ3v) is 5.33. The minimum absolute atomic E-state index is 0.102. The molecule has 27 heavy (non-hydrogen) atoms. The van der Waals surface area contributed by atoms with Gasteiger partial charge in [0.1, 0.15) is 5.76 Å². The maximum atomic E-state index is 13.3. The SMILES string of the molecule is OCC1(Cc2ccccc2C(F)(F)F)CCN(CC=Cc2ccco2)CC1. The van der Waals surface area contributed by atoms with Crippen molar-refractivity contribution in [3.8, 4) is 0 Å². The van der Waals surface area contributed by atoms with Crippen LogP contribution in [-0.4, -0.2) is 36.2 Å². The van der Waals surface area contributed by atoms with Crippen LogP contribution in [0.3, 0.4) is 0 Å². The smallest absolute Gasteiger partial charge is 0.416 e. The highest BCUT2D eigenvalue weighted by molar-refractivity contribution is 5.42. The average molecular weight is 379 g/mol. The van der Waals surface area contributed by atoms with E-state index in [-0.39, 0.29) is 18.6 Å². The largest absolute Gasteiger partial charge is 0.465 e. The number of furan rings is 1. The lowest BCUT2D eigenvalue weighted by Crippen LogP contribution is -2.43. The molecule has 3 nitrogen and oxygen atoms in total. The molecule has 1 saturated heterocycles. The topological polar surface area (TPSA) is 36.6 Å². The summed E-state index contributed by atoms with van der Waals surface area (Å²) in [7, 11) is 0. The van der Waals surface area contributed by atoms with Gasteiger partial charge in [0.25, 0.3) is 0 Å². The number of aliphatic hydroxyl groups is 1. The highest BCUT2D eigenvalue weighted by Gasteiger charge is 2.38. The summed E-state index contributed by atoms with van der Waals surface area (Å²) in [5, 5.41) is 9.96. The van der Waals surface area contributed by atoms with Gasteiger partial charge in [0, 0.05) is 13.2 Å². The minimum atomic E-state index is -4.37. The van der Waals surface area contributed by atoms with Gasteiger partial charge in [0.05, 0.1) is 11.8 Å². The minimum Gasteiger partial charge on any atom is -0.465 e. The number of benzene rings is 1. The second kappa shape index (κ2) is 8.31. The zero-order valence-corrected chi connectivity index (χ0v) is 15.1. The van der Waals surface area contributed by atoms with Crippen LogP contribution in [0.4, 0.5) is 13.2 Å². The molecule has 1 aromatic heterocycles. The number of alkyl halides is 3. The Labute approximate surface area is 157 Å². The summed E-state index contributed by atoms with van der Waals surface area (Å²) in [4.78, 5) is 2.24. The van der Waals surface area contributed by atoms with Gasteiger partial charge in [-0.05, 0) is 67.6 Å². The van der Waals surface area contributed by atoms with E-state index in [1.54, 1.807) is 12.3 Å².